The van der Waals surface area contributed by atoms with Gasteiger partial charge < -0.3 is 10.0 Å². The van der Waals surface area contributed by atoms with Crippen LogP contribution in [0.1, 0.15) is 43.4 Å². The summed E-state index contributed by atoms with van der Waals surface area (Å²) in [5.41, 5.74) is 2.37. The minimum absolute atomic E-state index is 0.0632. The number of phenolic OH excluding ortho intramolecular Hbond substituents is 1. The average Bonchev–Trinajstić information content (AvgIpc) is 2.69. The highest BCUT2D eigenvalue weighted by atomic mass is 35.5. The number of carbonyl (C=O) groups is 1. The van der Waals surface area contributed by atoms with Gasteiger partial charge in [-0.1, -0.05) is 35.9 Å². The summed E-state index contributed by atoms with van der Waals surface area (Å²) in [5, 5.41) is 14.8. The third kappa shape index (κ3) is 3.77. The number of likely N-dealkylation sites (tertiary alicyclic amines) is 1. The van der Waals surface area contributed by atoms with Gasteiger partial charge >= 0.3 is 0 Å². The van der Waals surface area contributed by atoms with Crippen LogP contribution in [0, 0.1) is 0 Å². The van der Waals surface area contributed by atoms with Gasteiger partial charge in [0.05, 0.1) is 0 Å². The smallest absolute Gasteiger partial charge is 0.219 e. The summed E-state index contributed by atoms with van der Waals surface area (Å²) in [6, 6.07) is 15.3. The number of para-hydroxylation sites is 1. The van der Waals surface area contributed by atoms with Crippen molar-refractivity contribution in [2.24, 2.45) is 4.99 Å². The molecule has 1 fully saturated rings. The number of aliphatic imine (C=N–C) groups is 1. The third-order valence-electron chi connectivity index (χ3n) is 5.71. The molecule has 2 aliphatic rings. The van der Waals surface area contributed by atoms with Crippen molar-refractivity contribution in [3.05, 3.63) is 64.7 Å². The molecule has 2 aliphatic heterocycles. The number of piperidine rings is 1. The maximum Gasteiger partial charge on any atom is 0.219 e. The predicted octanol–water partition coefficient (Wildman–Crippen LogP) is 3.91. The van der Waals surface area contributed by atoms with Crippen molar-refractivity contribution in [1.82, 2.24) is 10.2 Å². The van der Waals surface area contributed by atoms with Gasteiger partial charge in [-0.2, -0.15) is 0 Å². The first kappa shape index (κ1) is 19.0. The minimum Gasteiger partial charge on any atom is -0.507 e. The summed E-state index contributed by atoms with van der Waals surface area (Å²) >= 11 is 6.07. The zero-order chi connectivity index (χ0) is 19.7. The molecule has 5 nitrogen and oxygen atoms in total. The highest BCUT2D eigenvalue weighted by molar-refractivity contribution is 6.30. The molecule has 0 aliphatic carbocycles. The fraction of sp³-hybridized carbons (Fsp3) is 0.364. The molecule has 1 spiro atoms. The van der Waals surface area contributed by atoms with Gasteiger partial charge in [0.2, 0.25) is 5.91 Å². The Kier molecular flexibility index (Phi) is 5.13. The summed E-state index contributed by atoms with van der Waals surface area (Å²) in [5.74, 6) is 0.346. The number of benzene rings is 2. The van der Waals surface area contributed by atoms with Gasteiger partial charge in [0, 0.05) is 61.6 Å². The number of hydrogen-bond acceptors (Lipinski definition) is 4. The molecule has 2 aromatic carbocycles. The lowest BCUT2D eigenvalue weighted by Gasteiger charge is -2.45. The molecule has 2 heterocycles. The van der Waals surface area contributed by atoms with E-state index in [1.54, 1.807) is 13.0 Å². The fourth-order valence-corrected chi connectivity index (χ4v) is 4.26. The molecule has 2 N–H and O–H groups in total. The van der Waals surface area contributed by atoms with Crippen LogP contribution in [0.4, 0.5) is 0 Å². The predicted molar refractivity (Wildman–Crippen MR) is 111 cm³/mol. The lowest BCUT2D eigenvalue weighted by molar-refractivity contribution is -0.130. The van der Waals surface area contributed by atoms with Crippen molar-refractivity contribution in [2.45, 2.75) is 37.9 Å². The number of nitrogens with one attached hydrogen (secondary N) is 1. The average molecular weight is 398 g/mol. The molecule has 4 rings (SSSR count). The first-order valence-electron chi connectivity index (χ1n) is 9.61. The molecule has 0 aromatic heterocycles. The Labute approximate surface area is 170 Å². The van der Waals surface area contributed by atoms with E-state index in [4.69, 9.17) is 16.6 Å². The second kappa shape index (κ2) is 7.57. The van der Waals surface area contributed by atoms with Crippen LogP contribution in [-0.2, 0) is 4.79 Å². The van der Waals surface area contributed by atoms with Crippen LogP contribution in [0.15, 0.2) is 53.5 Å². The first-order valence-corrected chi connectivity index (χ1v) is 9.99. The van der Waals surface area contributed by atoms with Crippen molar-refractivity contribution in [3.63, 3.8) is 0 Å². The van der Waals surface area contributed by atoms with Crippen LogP contribution < -0.4 is 5.32 Å². The SMILES string of the molecule is CC(=O)N1CCC2(CC1)N=C(c1ccccc1O)CC(c1ccc(Cl)cc1)N2. The Bertz CT molecular complexity index is 902. The van der Waals surface area contributed by atoms with E-state index in [1.165, 1.54) is 0 Å². The molecule has 0 radical (unpaired) electrons. The van der Waals surface area contributed by atoms with E-state index in [9.17, 15) is 9.90 Å². The standard InChI is InChI=1S/C22H24ClN3O2/c1-15(27)26-12-10-22(11-13-26)24-19(16-6-8-17(23)9-7-16)14-20(25-22)18-4-2-3-5-21(18)28/h2-9,19,24,28H,10-14H2,1H3. The van der Waals surface area contributed by atoms with Gasteiger partial charge in [-0.25, -0.2) is 0 Å². The molecule has 28 heavy (non-hydrogen) atoms. The van der Waals surface area contributed by atoms with Crippen LogP contribution in [0.2, 0.25) is 5.02 Å². The second-order valence-corrected chi connectivity index (χ2v) is 8.00. The summed E-state index contributed by atoms with van der Waals surface area (Å²) in [6.45, 7) is 2.96. The van der Waals surface area contributed by atoms with Crippen LogP contribution in [-0.4, -0.2) is 40.4 Å². The fourth-order valence-electron chi connectivity index (χ4n) is 4.14. The lowest BCUT2D eigenvalue weighted by Crippen LogP contribution is -2.56. The number of nitrogens with zero attached hydrogens (tertiary/aromatic N) is 2. The van der Waals surface area contributed by atoms with E-state index in [0.29, 0.717) is 24.5 Å². The highest BCUT2D eigenvalue weighted by Gasteiger charge is 2.40. The van der Waals surface area contributed by atoms with Crippen molar-refractivity contribution in [3.8, 4) is 5.75 Å². The third-order valence-corrected chi connectivity index (χ3v) is 5.96. The molecular weight excluding hydrogens is 374 g/mol. The van der Waals surface area contributed by atoms with Gasteiger partial charge in [0.25, 0.3) is 0 Å². The van der Waals surface area contributed by atoms with Gasteiger partial charge in [-0.3, -0.25) is 15.1 Å². The number of halogens is 1. The Morgan fingerprint density at radius 2 is 1.86 bits per heavy atom. The number of amides is 1. The largest absolute Gasteiger partial charge is 0.507 e. The molecule has 6 heteroatoms. The van der Waals surface area contributed by atoms with Crippen LogP contribution in [0.5, 0.6) is 5.75 Å². The zero-order valence-corrected chi connectivity index (χ0v) is 16.6. The summed E-state index contributed by atoms with van der Waals surface area (Å²) in [4.78, 5) is 18.7. The normalized spacial score (nSPS) is 21.4. The van der Waals surface area contributed by atoms with Crippen LogP contribution >= 0.6 is 11.6 Å². The number of rotatable bonds is 2. The number of hydrogen-bond donors (Lipinski definition) is 2. The maximum absolute atomic E-state index is 11.7. The quantitative estimate of drug-likeness (QED) is 0.807. The van der Waals surface area contributed by atoms with Crippen LogP contribution in [0.3, 0.4) is 0 Å². The molecule has 146 valence electrons. The van der Waals surface area contributed by atoms with Gasteiger partial charge in [0.15, 0.2) is 0 Å². The van der Waals surface area contributed by atoms with Crippen molar-refractivity contribution >= 4 is 23.2 Å². The van der Waals surface area contributed by atoms with E-state index in [2.05, 4.69) is 5.32 Å². The van der Waals surface area contributed by atoms with E-state index >= 15 is 0 Å². The molecule has 0 saturated carbocycles. The van der Waals surface area contributed by atoms with Gasteiger partial charge in [-0.05, 0) is 29.8 Å². The minimum atomic E-state index is -0.438. The maximum atomic E-state index is 11.7. The van der Waals surface area contributed by atoms with E-state index in [1.807, 2.05) is 47.4 Å². The Hall–Kier alpha value is -2.37. The number of carbonyl (C=O) groups excluding carboxylic acids is 1. The Morgan fingerprint density at radius 3 is 2.50 bits per heavy atom. The Balaban J connectivity index is 1.70. The first-order chi connectivity index (χ1) is 13.5. The second-order valence-electron chi connectivity index (χ2n) is 7.57. The van der Waals surface area contributed by atoms with E-state index < -0.39 is 5.66 Å². The van der Waals surface area contributed by atoms with Gasteiger partial charge in [-0.15, -0.1) is 0 Å². The highest BCUT2D eigenvalue weighted by Crippen LogP contribution is 2.36. The zero-order valence-electron chi connectivity index (χ0n) is 15.9. The molecular formula is C22H24ClN3O2. The van der Waals surface area contributed by atoms with Crippen molar-refractivity contribution < 1.29 is 9.90 Å². The summed E-state index contributed by atoms with van der Waals surface area (Å²) < 4.78 is 0. The molecule has 2 aromatic rings. The number of aromatic hydroxyl groups is 1. The monoisotopic (exact) mass is 397 g/mol. The summed E-state index contributed by atoms with van der Waals surface area (Å²) in [6.07, 6.45) is 2.17. The van der Waals surface area contributed by atoms with Crippen molar-refractivity contribution in [1.29, 1.82) is 0 Å². The topological polar surface area (TPSA) is 64.9 Å². The van der Waals surface area contributed by atoms with Crippen LogP contribution in [0.25, 0.3) is 0 Å². The molecule has 1 saturated heterocycles. The Morgan fingerprint density at radius 1 is 1.18 bits per heavy atom. The lowest BCUT2D eigenvalue weighted by atomic mass is 9.87. The van der Waals surface area contributed by atoms with Crippen molar-refractivity contribution in [2.75, 3.05) is 13.1 Å². The van der Waals surface area contributed by atoms with E-state index in [-0.39, 0.29) is 17.7 Å². The molecule has 1 atom stereocenters. The van der Waals surface area contributed by atoms with E-state index in [0.717, 1.165) is 29.7 Å². The molecule has 1 amide bonds. The molecule has 1 unspecified atom stereocenters. The molecule has 0 bridgehead atoms. The van der Waals surface area contributed by atoms with Gasteiger partial charge in [0.1, 0.15) is 11.4 Å². The summed E-state index contributed by atoms with van der Waals surface area (Å²) in [7, 11) is 0. The number of phenols is 1.